The Morgan fingerprint density at radius 2 is 1.62 bits per heavy atom. The van der Waals surface area contributed by atoms with Crippen LogP contribution in [0, 0.1) is 5.92 Å². The molecule has 0 heterocycles. The first-order chi connectivity index (χ1) is 10.2. The predicted octanol–water partition coefficient (Wildman–Crippen LogP) is 3.94. The molecule has 0 saturated carbocycles. The van der Waals surface area contributed by atoms with E-state index in [1.165, 1.54) is 17.3 Å². The van der Waals surface area contributed by atoms with Crippen LogP contribution in [-0.2, 0) is 11.2 Å². The van der Waals surface area contributed by atoms with Gasteiger partial charge >= 0.3 is 0 Å². The first-order valence-electron chi connectivity index (χ1n) is 7.15. The van der Waals surface area contributed by atoms with E-state index in [0.717, 1.165) is 11.3 Å². The molecular weight excluding hydrogens is 280 g/mol. The molecule has 1 N–H and O–H groups in total. The van der Waals surface area contributed by atoms with Gasteiger partial charge in [0, 0.05) is 4.90 Å². The van der Waals surface area contributed by atoms with Crippen LogP contribution in [0.15, 0.2) is 65.6 Å². The van der Waals surface area contributed by atoms with E-state index in [4.69, 9.17) is 0 Å². The monoisotopic (exact) mass is 300 g/mol. The predicted molar refractivity (Wildman–Crippen MR) is 87.2 cm³/mol. The van der Waals surface area contributed by atoms with Gasteiger partial charge in [0.2, 0.25) is 0 Å². The van der Waals surface area contributed by atoms with Gasteiger partial charge in [-0.2, -0.15) is 0 Å². The molecule has 0 amide bonds. The van der Waals surface area contributed by atoms with E-state index < -0.39 is 6.10 Å². The van der Waals surface area contributed by atoms with Crippen LogP contribution in [0.5, 0.6) is 0 Å². The molecule has 0 saturated heterocycles. The van der Waals surface area contributed by atoms with Gasteiger partial charge in [0.15, 0.2) is 5.12 Å². The maximum absolute atomic E-state index is 12.2. The van der Waals surface area contributed by atoms with Gasteiger partial charge < -0.3 is 5.11 Å². The fraction of sp³-hybridized carbons (Fsp3) is 0.278. The van der Waals surface area contributed by atoms with Gasteiger partial charge in [0.25, 0.3) is 0 Å². The van der Waals surface area contributed by atoms with Crippen molar-refractivity contribution in [1.29, 1.82) is 0 Å². The lowest BCUT2D eigenvalue weighted by molar-refractivity contribution is -0.117. The topological polar surface area (TPSA) is 37.3 Å². The number of hydrogen-bond donors (Lipinski definition) is 1. The number of aliphatic hydroxyl groups excluding tert-OH is 1. The fourth-order valence-electron chi connectivity index (χ4n) is 2.06. The van der Waals surface area contributed by atoms with Crippen molar-refractivity contribution in [2.45, 2.75) is 30.8 Å². The Balaban J connectivity index is 1.84. The largest absolute Gasteiger partial charge is 0.392 e. The van der Waals surface area contributed by atoms with Crippen LogP contribution in [-0.4, -0.2) is 16.3 Å². The average molecular weight is 300 g/mol. The number of carbonyl (C=O) groups is 1. The summed E-state index contributed by atoms with van der Waals surface area (Å²) in [5.41, 5.74) is 1.19. The number of aryl methyl sites for hydroxylation is 1. The minimum Gasteiger partial charge on any atom is -0.392 e. The van der Waals surface area contributed by atoms with Crippen molar-refractivity contribution in [2.75, 3.05) is 0 Å². The Bertz CT molecular complexity index is 554. The lowest BCUT2D eigenvalue weighted by Crippen LogP contribution is -2.24. The van der Waals surface area contributed by atoms with Crippen molar-refractivity contribution in [1.82, 2.24) is 0 Å². The molecule has 0 radical (unpaired) electrons. The molecule has 3 heteroatoms. The Labute approximate surface area is 130 Å². The zero-order valence-electron chi connectivity index (χ0n) is 12.1. The molecule has 0 fully saturated rings. The fourth-order valence-corrected chi connectivity index (χ4v) is 2.93. The molecule has 2 aromatic rings. The molecule has 2 atom stereocenters. The van der Waals surface area contributed by atoms with Crippen molar-refractivity contribution in [3.05, 3.63) is 66.2 Å². The number of hydrogen-bond acceptors (Lipinski definition) is 3. The van der Waals surface area contributed by atoms with E-state index in [-0.39, 0.29) is 11.0 Å². The van der Waals surface area contributed by atoms with Crippen LogP contribution >= 0.6 is 11.8 Å². The van der Waals surface area contributed by atoms with Gasteiger partial charge in [0.05, 0.1) is 12.0 Å². The second kappa shape index (κ2) is 8.01. The Morgan fingerprint density at radius 3 is 2.24 bits per heavy atom. The SMILES string of the molecule is CC(C(=O)Sc1ccccc1)C(O)CCc1ccccc1. The van der Waals surface area contributed by atoms with Crippen LogP contribution in [0.25, 0.3) is 0 Å². The maximum Gasteiger partial charge on any atom is 0.199 e. The van der Waals surface area contributed by atoms with Gasteiger partial charge in [0.1, 0.15) is 0 Å². The Hall–Kier alpha value is -1.58. The van der Waals surface area contributed by atoms with E-state index in [0.29, 0.717) is 6.42 Å². The zero-order valence-corrected chi connectivity index (χ0v) is 12.9. The number of carbonyl (C=O) groups excluding carboxylic acids is 1. The number of thioether (sulfide) groups is 1. The van der Waals surface area contributed by atoms with Crippen LogP contribution in [0.2, 0.25) is 0 Å². The van der Waals surface area contributed by atoms with Crippen LogP contribution in [0.1, 0.15) is 18.9 Å². The molecule has 2 rings (SSSR count). The quantitative estimate of drug-likeness (QED) is 0.821. The molecule has 0 spiro atoms. The van der Waals surface area contributed by atoms with Crippen LogP contribution in [0.3, 0.4) is 0 Å². The maximum atomic E-state index is 12.2. The van der Waals surface area contributed by atoms with E-state index in [9.17, 15) is 9.90 Å². The van der Waals surface area contributed by atoms with Crippen molar-refractivity contribution in [3.63, 3.8) is 0 Å². The minimum atomic E-state index is -0.603. The van der Waals surface area contributed by atoms with Crippen molar-refractivity contribution < 1.29 is 9.90 Å². The summed E-state index contributed by atoms with van der Waals surface area (Å²) in [4.78, 5) is 13.1. The van der Waals surface area contributed by atoms with E-state index in [1.54, 1.807) is 6.92 Å². The highest BCUT2D eigenvalue weighted by atomic mass is 32.2. The van der Waals surface area contributed by atoms with Gasteiger partial charge in [-0.25, -0.2) is 0 Å². The third-order valence-corrected chi connectivity index (χ3v) is 4.56. The molecule has 0 aromatic heterocycles. The first kappa shape index (κ1) is 15.8. The molecule has 2 nitrogen and oxygen atoms in total. The lowest BCUT2D eigenvalue weighted by Gasteiger charge is -2.17. The lowest BCUT2D eigenvalue weighted by atomic mass is 9.99. The summed E-state index contributed by atoms with van der Waals surface area (Å²) >= 11 is 1.20. The molecule has 0 aliphatic heterocycles. The highest BCUT2D eigenvalue weighted by molar-refractivity contribution is 8.13. The highest BCUT2D eigenvalue weighted by Crippen LogP contribution is 2.24. The van der Waals surface area contributed by atoms with E-state index >= 15 is 0 Å². The molecule has 110 valence electrons. The summed E-state index contributed by atoms with van der Waals surface area (Å²) in [5, 5.41) is 10.2. The van der Waals surface area contributed by atoms with Crippen molar-refractivity contribution >= 4 is 16.9 Å². The van der Waals surface area contributed by atoms with Gasteiger partial charge in [-0.3, -0.25) is 4.79 Å². The molecular formula is C18H20O2S. The summed E-state index contributed by atoms with van der Waals surface area (Å²) in [6.45, 7) is 1.80. The first-order valence-corrected chi connectivity index (χ1v) is 7.97. The standard InChI is InChI=1S/C18H20O2S/c1-14(18(20)21-16-10-6-3-7-11-16)17(19)13-12-15-8-4-2-5-9-15/h2-11,14,17,19H,12-13H2,1H3. The Kier molecular flexibility index (Phi) is 6.03. The van der Waals surface area contributed by atoms with Gasteiger partial charge in [-0.15, -0.1) is 0 Å². The van der Waals surface area contributed by atoms with Gasteiger partial charge in [-0.05, 0) is 30.5 Å². The Morgan fingerprint density at radius 1 is 1.05 bits per heavy atom. The number of benzene rings is 2. The molecule has 2 aromatic carbocycles. The third kappa shape index (κ3) is 5.03. The smallest absolute Gasteiger partial charge is 0.199 e. The molecule has 0 aliphatic rings. The van der Waals surface area contributed by atoms with Gasteiger partial charge in [-0.1, -0.05) is 67.2 Å². The van der Waals surface area contributed by atoms with E-state index in [1.807, 2.05) is 60.7 Å². The normalized spacial score (nSPS) is 13.6. The van der Waals surface area contributed by atoms with E-state index in [2.05, 4.69) is 0 Å². The summed E-state index contributed by atoms with van der Waals surface area (Å²) in [7, 11) is 0. The minimum absolute atomic E-state index is 0.0155. The van der Waals surface area contributed by atoms with Crippen molar-refractivity contribution in [3.8, 4) is 0 Å². The molecule has 21 heavy (non-hydrogen) atoms. The number of rotatable bonds is 6. The molecule has 0 bridgehead atoms. The second-order valence-corrected chi connectivity index (χ2v) is 6.19. The van der Waals surface area contributed by atoms with Crippen LogP contribution < -0.4 is 0 Å². The average Bonchev–Trinajstić information content (AvgIpc) is 2.53. The summed E-state index contributed by atoms with van der Waals surface area (Å²) in [6.07, 6.45) is 0.788. The summed E-state index contributed by atoms with van der Waals surface area (Å²) in [5.74, 6) is -0.362. The zero-order chi connectivity index (χ0) is 15.1. The molecule has 0 aliphatic carbocycles. The number of aliphatic hydroxyl groups is 1. The summed E-state index contributed by atoms with van der Waals surface area (Å²) in [6, 6.07) is 19.6. The summed E-state index contributed by atoms with van der Waals surface area (Å²) < 4.78 is 0. The van der Waals surface area contributed by atoms with Crippen molar-refractivity contribution in [2.24, 2.45) is 5.92 Å². The molecule has 2 unspecified atom stereocenters. The van der Waals surface area contributed by atoms with Crippen LogP contribution in [0.4, 0.5) is 0 Å². The highest BCUT2D eigenvalue weighted by Gasteiger charge is 2.22. The second-order valence-electron chi connectivity index (χ2n) is 5.11. The third-order valence-electron chi connectivity index (χ3n) is 3.48.